The smallest absolute Gasteiger partial charge is 0.304 e. The highest BCUT2D eigenvalue weighted by atomic mass is 35.5. The number of carbonyl (C=O) groups excluding carboxylic acids is 1. The van der Waals surface area contributed by atoms with Gasteiger partial charge >= 0.3 is 5.97 Å². The number of amides is 1. The Bertz CT molecular complexity index is 1220. The summed E-state index contributed by atoms with van der Waals surface area (Å²) >= 11 is 12.3. The average molecular weight is 558 g/mol. The van der Waals surface area contributed by atoms with Crippen LogP contribution < -0.4 is 0 Å². The van der Waals surface area contributed by atoms with Crippen LogP contribution in [0.5, 0.6) is 0 Å². The highest BCUT2D eigenvalue weighted by Crippen LogP contribution is 2.52. The fourth-order valence-electron chi connectivity index (χ4n) is 5.14. The Morgan fingerprint density at radius 1 is 1.14 bits per heavy atom. The number of nitrogens with zero attached hydrogens (tertiary/aromatic N) is 1. The molecule has 0 bridgehead atoms. The van der Waals surface area contributed by atoms with Gasteiger partial charge in [-0.05, 0) is 54.3 Å². The first-order valence-corrected chi connectivity index (χ1v) is 14.3. The Morgan fingerprint density at radius 2 is 1.78 bits per heavy atom. The summed E-state index contributed by atoms with van der Waals surface area (Å²) < 4.78 is 39.8. The number of hydrogen-bond donors (Lipinski definition) is 1. The summed E-state index contributed by atoms with van der Waals surface area (Å²) in [5, 5.41) is 10.3. The van der Waals surface area contributed by atoms with Crippen molar-refractivity contribution < 1.29 is 27.5 Å². The number of likely N-dealkylation sites (tertiary alicyclic amines) is 1. The van der Waals surface area contributed by atoms with Crippen LogP contribution in [0.3, 0.4) is 0 Å². The molecule has 1 unspecified atom stereocenters. The molecule has 10 heteroatoms. The fourth-order valence-corrected chi connectivity index (χ4v) is 6.71. The number of benzene rings is 2. The van der Waals surface area contributed by atoms with E-state index >= 15 is 0 Å². The van der Waals surface area contributed by atoms with Crippen molar-refractivity contribution in [1.29, 1.82) is 0 Å². The standard InChI is InChI=1S/C26H30Cl2FNO5S/c1-4-21(15-36(34,35)5-2)30-24(16-6-8-18(27)9-7-16)22(17-10-19(28)12-20(29)11-17)13-26(3,25(30)33)14-23(31)32/h6-12,21-22,24H,4-5,13-15H2,1-3H3,(H,31,32)/t21?,22-,24-,26-/m1/s1. The van der Waals surface area contributed by atoms with Gasteiger partial charge in [-0.2, -0.15) is 0 Å². The summed E-state index contributed by atoms with van der Waals surface area (Å²) in [6.45, 7) is 4.91. The highest BCUT2D eigenvalue weighted by molar-refractivity contribution is 7.91. The van der Waals surface area contributed by atoms with E-state index in [1.807, 2.05) is 0 Å². The molecule has 1 amide bonds. The summed E-state index contributed by atoms with van der Waals surface area (Å²) in [7, 11) is -3.48. The molecule has 6 nitrogen and oxygen atoms in total. The maximum absolute atomic E-state index is 14.5. The number of piperidine rings is 1. The summed E-state index contributed by atoms with van der Waals surface area (Å²) in [5.74, 6) is -3.07. The average Bonchev–Trinajstić information content (AvgIpc) is 2.79. The third kappa shape index (κ3) is 6.21. The zero-order chi connectivity index (χ0) is 26.8. The van der Waals surface area contributed by atoms with Crippen LogP contribution in [0.1, 0.15) is 63.1 Å². The van der Waals surface area contributed by atoms with Crippen LogP contribution in [0.2, 0.25) is 10.0 Å². The van der Waals surface area contributed by atoms with Gasteiger partial charge in [-0.15, -0.1) is 0 Å². The Hall–Kier alpha value is -2.16. The van der Waals surface area contributed by atoms with Gasteiger partial charge in [-0.3, -0.25) is 9.59 Å². The molecule has 4 atom stereocenters. The molecular weight excluding hydrogens is 528 g/mol. The van der Waals surface area contributed by atoms with Crippen LogP contribution in [0.15, 0.2) is 42.5 Å². The summed E-state index contributed by atoms with van der Waals surface area (Å²) in [6, 6.07) is 9.55. The first kappa shape index (κ1) is 28.4. The van der Waals surface area contributed by atoms with Gasteiger partial charge in [0.1, 0.15) is 5.82 Å². The van der Waals surface area contributed by atoms with Crippen molar-refractivity contribution >= 4 is 44.9 Å². The van der Waals surface area contributed by atoms with E-state index in [2.05, 4.69) is 0 Å². The maximum atomic E-state index is 14.5. The van der Waals surface area contributed by atoms with E-state index in [9.17, 15) is 27.5 Å². The molecule has 1 heterocycles. The lowest BCUT2D eigenvalue weighted by atomic mass is 9.67. The number of rotatable bonds is 9. The van der Waals surface area contributed by atoms with Crippen molar-refractivity contribution in [3.63, 3.8) is 0 Å². The number of carbonyl (C=O) groups is 2. The molecular formula is C26H30Cl2FNO5S. The summed E-state index contributed by atoms with van der Waals surface area (Å²) in [5.41, 5.74) is -0.160. The van der Waals surface area contributed by atoms with Crippen LogP contribution in [-0.4, -0.2) is 47.8 Å². The Labute approximate surface area is 221 Å². The minimum Gasteiger partial charge on any atom is -0.481 e. The SMILES string of the molecule is CCC(CS(=O)(=O)CC)N1C(=O)[C@@](C)(CC(=O)O)C[C@H](c2cc(F)cc(Cl)c2)[C@H]1c1ccc(Cl)cc1. The van der Waals surface area contributed by atoms with Gasteiger partial charge in [0.25, 0.3) is 0 Å². The molecule has 0 aromatic heterocycles. The molecule has 2 aromatic carbocycles. The molecule has 0 spiro atoms. The molecule has 0 saturated carbocycles. The van der Waals surface area contributed by atoms with Crippen molar-refractivity contribution in [3.05, 3.63) is 69.5 Å². The van der Waals surface area contributed by atoms with E-state index in [0.717, 1.165) is 0 Å². The van der Waals surface area contributed by atoms with Gasteiger partial charge in [0.05, 0.1) is 23.6 Å². The molecule has 3 rings (SSSR count). The monoisotopic (exact) mass is 557 g/mol. The molecule has 1 aliphatic heterocycles. The van der Waals surface area contributed by atoms with E-state index in [1.54, 1.807) is 51.1 Å². The number of carboxylic acid groups (broad SMARTS) is 1. The zero-order valence-corrected chi connectivity index (χ0v) is 22.7. The van der Waals surface area contributed by atoms with Gasteiger partial charge < -0.3 is 10.0 Å². The Balaban J connectivity index is 2.29. The van der Waals surface area contributed by atoms with Gasteiger partial charge in [0.2, 0.25) is 5.91 Å². The second-order valence-electron chi connectivity index (χ2n) is 9.61. The van der Waals surface area contributed by atoms with Crippen molar-refractivity contribution in [2.45, 2.75) is 58.0 Å². The normalized spacial score (nSPS) is 23.5. The second kappa shape index (κ2) is 11.1. The fraction of sp³-hybridized carbons (Fsp3) is 0.462. The molecule has 36 heavy (non-hydrogen) atoms. The molecule has 0 radical (unpaired) electrons. The third-order valence-electron chi connectivity index (χ3n) is 6.92. The van der Waals surface area contributed by atoms with Gasteiger partial charge in [0, 0.05) is 27.8 Å². The first-order valence-electron chi connectivity index (χ1n) is 11.8. The van der Waals surface area contributed by atoms with Crippen molar-refractivity contribution in [2.24, 2.45) is 5.41 Å². The zero-order valence-electron chi connectivity index (χ0n) is 20.4. The summed E-state index contributed by atoms with van der Waals surface area (Å²) in [6.07, 6.45) is -0.0142. The maximum Gasteiger partial charge on any atom is 0.304 e. The van der Waals surface area contributed by atoms with E-state index in [1.165, 1.54) is 17.0 Å². The van der Waals surface area contributed by atoms with E-state index in [0.29, 0.717) is 22.6 Å². The van der Waals surface area contributed by atoms with E-state index in [4.69, 9.17) is 23.2 Å². The Kier molecular flexibility index (Phi) is 8.74. The van der Waals surface area contributed by atoms with E-state index in [-0.39, 0.29) is 22.9 Å². The van der Waals surface area contributed by atoms with Gasteiger partial charge in [-0.25, -0.2) is 12.8 Å². The molecule has 1 saturated heterocycles. The lowest BCUT2D eigenvalue weighted by Gasteiger charge is -2.51. The van der Waals surface area contributed by atoms with Crippen LogP contribution in [0.25, 0.3) is 0 Å². The summed E-state index contributed by atoms with van der Waals surface area (Å²) in [4.78, 5) is 27.4. The number of aliphatic carboxylic acids is 1. The quantitative estimate of drug-likeness (QED) is 0.415. The molecule has 1 fully saturated rings. The lowest BCUT2D eigenvalue weighted by molar-refractivity contribution is -0.160. The molecule has 1 aliphatic rings. The molecule has 2 aromatic rings. The van der Waals surface area contributed by atoms with E-state index < -0.39 is 57.4 Å². The van der Waals surface area contributed by atoms with Crippen LogP contribution in [0.4, 0.5) is 4.39 Å². The molecule has 0 aliphatic carbocycles. The largest absolute Gasteiger partial charge is 0.481 e. The third-order valence-corrected chi connectivity index (χ3v) is 9.16. The van der Waals surface area contributed by atoms with Crippen LogP contribution in [-0.2, 0) is 19.4 Å². The Morgan fingerprint density at radius 3 is 2.31 bits per heavy atom. The number of sulfone groups is 1. The highest BCUT2D eigenvalue weighted by Gasteiger charge is 2.52. The minimum absolute atomic E-state index is 0.0908. The minimum atomic E-state index is -3.48. The predicted molar refractivity (Wildman–Crippen MR) is 139 cm³/mol. The lowest BCUT2D eigenvalue weighted by Crippen LogP contribution is -2.57. The van der Waals surface area contributed by atoms with Gasteiger partial charge in [0.15, 0.2) is 9.84 Å². The van der Waals surface area contributed by atoms with Gasteiger partial charge in [-0.1, -0.05) is 56.1 Å². The topological polar surface area (TPSA) is 91.8 Å². The first-order chi connectivity index (χ1) is 16.8. The second-order valence-corrected chi connectivity index (χ2v) is 12.9. The van der Waals surface area contributed by atoms with Crippen molar-refractivity contribution in [2.75, 3.05) is 11.5 Å². The van der Waals surface area contributed by atoms with Crippen LogP contribution in [0, 0.1) is 11.2 Å². The number of hydrogen-bond acceptors (Lipinski definition) is 4. The van der Waals surface area contributed by atoms with Crippen LogP contribution >= 0.6 is 23.2 Å². The van der Waals surface area contributed by atoms with Crippen molar-refractivity contribution in [3.8, 4) is 0 Å². The number of halogens is 3. The van der Waals surface area contributed by atoms with Crippen molar-refractivity contribution in [1.82, 2.24) is 4.90 Å². The molecule has 196 valence electrons. The molecule has 1 N–H and O–H groups in total. The predicted octanol–water partition coefficient (Wildman–Crippen LogP) is 5.88. The number of carboxylic acids is 1.